The maximum absolute atomic E-state index is 12.0. The third kappa shape index (κ3) is 4.46. The molecule has 0 N–H and O–H groups in total. The summed E-state index contributed by atoms with van der Waals surface area (Å²) in [4.78, 5) is 29.5. The molecule has 1 atom stereocenters. The van der Waals surface area contributed by atoms with Crippen LogP contribution in [0.2, 0.25) is 5.02 Å². The second-order valence-electron chi connectivity index (χ2n) is 7.72. The Morgan fingerprint density at radius 2 is 1.55 bits per heavy atom. The van der Waals surface area contributed by atoms with Crippen molar-refractivity contribution >= 4 is 29.1 Å². The zero-order valence-corrected chi connectivity index (χ0v) is 17.7. The number of likely N-dealkylation sites (N-methyl/N-ethyl adjacent to an activating group) is 1. The van der Waals surface area contributed by atoms with Crippen molar-refractivity contribution in [1.82, 2.24) is 19.8 Å². The van der Waals surface area contributed by atoms with Crippen molar-refractivity contribution in [1.29, 1.82) is 0 Å². The molecule has 7 nitrogen and oxygen atoms in total. The van der Waals surface area contributed by atoms with E-state index in [9.17, 15) is 4.79 Å². The summed E-state index contributed by atoms with van der Waals surface area (Å²) in [7, 11) is 1.84. The zero-order chi connectivity index (χ0) is 20.4. The molecule has 1 unspecified atom stereocenters. The Morgan fingerprint density at radius 1 is 0.931 bits per heavy atom. The summed E-state index contributed by atoms with van der Waals surface area (Å²) < 4.78 is 0. The van der Waals surface area contributed by atoms with Gasteiger partial charge in [0.05, 0.1) is 6.54 Å². The van der Waals surface area contributed by atoms with E-state index in [1.54, 1.807) is 11.2 Å². The van der Waals surface area contributed by atoms with Crippen LogP contribution in [-0.4, -0.2) is 78.5 Å². The highest BCUT2D eigenvalue weighted by Gasteiger charge is 2.25. The van der Waals surface area contributed by atoms with Gasteiger partial charge in [0.2, 0.25) is 5.91 Å². The van der Waals surface area contributed by atoms with Crippen LogP contribution in [-0.2, 0) is 4.79 Å². The Balaban J connectivity index is 1.38. The zero-order valence-electron chi connectivity index (χ0n) is 17.0. The molecule has 0 spiro atoms. The van der Waals surface area contributed by atoms with Crippen molar-refractivity contribution in [3.63, 3.8) is 0 Å². The van der Waals surface area contributed by atoms with Crippen molar-refractivity contribution in [2.45, 2.75) is 13.0 Å². The maximum atomic E-state index is 12.0. The van der Waals surface area contributed by atoms with E-state index in [1.165, 1.54) is 5.56 Å². The number of rotatable bonds is 4. The number of carbonyl (C=O) groups is 1. The number of hydrogen-bond acceptors (Lipinski definition) is 6. The highest BCUT2D eigenvalue weighted by Crippen LogP contribution is 2.25. The Morgan fingerprint density at radius 3 is 2.21 bits per heavy atom. The number of nitrogens with zero attached hydrogens (tertiary/aromatic N) is 6. The lowest BCUT2D eigenvalue weighted by Gasteiger charge is -2.39. The molecule has 2 fully saturated rings. The standard InChI is InChI=1S/C21H27ClN6O/c1-16(17-3-5-18(22)6-4-17)26-9-11-27(12-10-26)19-13-20(24-15-23-19)28-8-7-25(2)21(29)14-28/h3-6,13,15-16H,7-12,14H2,1-2H3. The second-order valence-corrected chi connectivity index (χ2v) is 8.16. The number of hydrogen-bond donors (Lipinski definition) is 0. The summed E-state index contributed by atoms with van der Waals surface area (Å²) in [5.74, 6) is 1.88. The van der Waals surface area contributed by atoms with Crippen LogP contribution in [0.25, 0.3) is 0 Å². The molecule has 154 valence electrons. The third-order valence-electron chi connectivity index (χ3n) is 5.96. The fourth-order valence-electron chi connectivity index (χ4n) is 3.93. The molecule has 29 heavy (non-hydrogen) atoms. The molecular weight excluding hydrogens is 388 g/mol. The number of aromatic nitrogens is 2. The summed E-state index contributed by atoms with van der Waals surface area (Å²) in [5, 5.41) is 0.771. The Labute approximate surface area is 176 Å². The van der Waals surface area contributed by atoms with Gasteiger partial charge in [0.15, 0.2) is 0 Å². The van der Waals surface area contributed by atoms with Crippen LogP contribution in [0.5, 0.6) is 0 Å². The average molecular weight is 415 g/mol. The smallest absolute Gasteiger partial charge is 0.241 e. The molecule has 1 aromatic carbocycles. The monoisotopic (exact) mass is 414 g/mol. The van der Waals surface area contributed by atoms with Gasteiger partial charge in [-0.1, -0.05) is 23.7 Å². The summed E-state index contributed by atoms with van der Waals surface area (Å²) in [6.45, 7) is 7.90. The van der Waals surface area contributed by atoms with E-state index in [0.29, 0.717) is 12.6 Å². The number of piperazine rings is 2. The van der Waals surface area contributed by atoms with Crippen molar-refractivity contribution in [3.05, 3.63) is 47.2 Å². The molecule has 2 aliphatic rings. The van der Waals surface area contributed by atoms with Crippen LogP contribution < -0.4 is 9.80 Å². The minimum Gasteiger partial charge on any atom is -0.354 e. The van der Waals surface area contributed by atoms with Gasteiger partial charge in [0.1, 0.15) is 18.0 Å². The SMILES string of the molecule is CC(c1ccc(Cl)cc1)N1CCN(c2cc(N3CCN(C)C(=O)C3)ncn2)CC1. The second kappa shape index (κ2) is 8.55. The predicted molar refractivity (Wildman–Crippen MR) is 116 cm³/mol. The molecule has 0 saturated carbocycles. The topological polar surface area (TPSA) is 55.8 Å². The highest BCUT2D eigenvalue weighted by atomic mass is 35.5. The molecule has 0 radical (unpaired) electrons. The lowest BCUT2D eigenvalue weighted by Crippen LogP contribution is -2.49. The van der Waals surface area contributed by atoms with Crippen LogP contribution >= 0.6 is 11.6 Å². The molecule has 0 bridgehead atoms. The normalized spacial score (nSPS) is 19.6. The number of carbonyl (C=O) groups excluding carboxylic acids is 1. The van der Waals surface area contributed by atoms with Gasteiger partial charge in [-0.25, -0.2) is 9.97 Å². The first-order valence-corrected chi connectivity index (χ1v) is 10.4. The van der Waals surface area contributed by atoms with Crippen LogP contribution in [0.3, 0.4) is 0 Å². The van der Waals surface area contributed by atoms with Gasteiger partial charge < -0.3 is 14.7 Å². The molecule has 2 aliphatic heterocycles. The fraction of sp³-hybridized carbons (Fsp3) is 0.476. The third-order valence-corrected chi connectivity index (χ3v) is 6.21. The van der Waals surface area contributed by atoms with E-state index in [4.69, 9.17) is 11.6 Å². The van der Waals surface area contributed by atoms with Gasteiger partial charge >= 0.3 is 0 Å². The number of benzene rings is 1. The van der Waals surface area contributed by atoms with Gasteiger partial charge in [0, 0.05) is 63.4 Å². The molecule has 2 saturated heterocycles. The maximum Gasteiger partial charge on any atom is 0.241 e. The quantitative estimate of drug-likeness (QED) is 0.765. The molecular formula is C21H27ClN6O. The van der Waals surface area contributed by atoms with E-state index < -0.39 is 0 Å². The lowest BCUT2D eigenvalue weighted by atomic mass is 10.1. The summed E-state index contributed by atoms with van der Waals surface area (Å²) in [6, 6.07) is 10.5. The van der Waals surface area contributed by atoms with Gasteiger partial charge in [-0.2, -0.15) is 0 Å². The summed E-state index contributed by atoms with van der Waals surface area (Å²) >= 11 is 6.02. The van der Waals surface area contributed by atoms with E-state index in [-0.39, 0.29) is 5.91 Å². The first-order chi connectivity index (χ1) is 14.0. The van der Waals surface area contributed by atoms with E-state index in [2.05, 4.69) is 38.8 Å². The highest BCUT2D eigenvalue weighted by molar-refractivity contribution is 6.30. The van der Waals surface area contributed by atoms with E-state index in [0.717, 1.165) is 55.9 Å². The Bertz CT molecular complexity index is 853. The number of anilines is 2. The predicted octanol–water partition coefficient (Wildman–Crippen LogP) is 2.29. The van der Waals surface area contributed by atoms with Crippen molar-refractivity contribution < 1.29 is 4.79 Å². The molecule has 1 aromatic heterocycles. The Kier molecular flexibility index (Phi) is 5.87. The van der Waals surface area contributed by atoms with E-state index in [1.807, 2.05) is 30.1 Å². The van der Waals surface area contributed by atoms with Crippen LogP contribution in [0, 0.1) is 0 Å². The fourth-order valence-corrected chi connectivity index (χ4v) is 4.05. The Hall–Kier alpha value is -2.38. The van der Waals surface area contributed by atoms with Gasteiger partial charge in [-0.05, 0) is 24.6 Å². The van der Waals surface area contributed by atoms with Gasteiger partial charge in [0.25, 0.3) is 0 Å². The van der Waals surface area contributed by atoms with Gasteiger partial charge in [-0.3, -0.25) is 9.69 Å². The first kappa shape index (κ1) is 19.9. The molecule has 3 heterocycles. The molecule has 8 heteroatoms. The largest absolute Gasteiger partial charge is 0.354 e. The van der Waals surface area contributed by atoms with Crippen LogP contribution in [0.4, 0.5) is 11.6 Å². The summed E-state index contributed by atoms with van der Waals surface area (Å²) in [5.41, 5.74) is 1.28. The number of halogens is 1. The lowest BCUT2D eigenvalue weighted by molar-refractivity contribution is -0.129. The average Bonchev–Trinajstić information content (AvgIpc) is 2.76. The van der Waals surface area contributed by atoms with Crippen LogP contribution in [0.1, 0.15) is 18.5 Å². The van der Waals surface area contributed by atoms with Crippen LogP contribution in [0.15, 0.2) is 36.7 Å². The first-order valence-electron chi connectivity index (χ1n) is 10.1. The van der Waals surface area contributed by atoms with E-state index >= 15 is 0 Å². The molecule has 4 rings (SSSR count). The van der Waals surface area contributed by atoms with Crippen molar-refractivity contribution in [2.75, 3.05) is 62.7 Å². The van der Waals surface area contributed by atoms with Gasteiger partial charge in [-0.15, -0.1) is 0 Å². The molecule has 1 amide bonds. The number of amides is 1. The molecule has 2 aromatic rings. The molecule has 0 aliphatic carbocycles. The minimum absolute atomic E-state index is 0.126. The van der Waals surface area contributed by atoms with Crippen molar-refractivity contribution in [2.24, 2.45) is 0 Å². The van der Waals surface area contributed by atoms with Crippen molar-refractivity contribution in [3.8, 4) is 0 Å². The minimum atomic E-state index is 0.126. The summed E-state index contributed by atoms with van der Waals surface area (Å²) in [6.07, 6.45) is 1.61.